The van der Waals surface area contributed by atoms with Crippen LogP contribution >= 0.6 is 35.4 Å². The Kier molecular flexibility index (Phi) is 7.27. The monoisotopic (exact) mass is 575 g/mol. The first-order valence-corrected chi connectivity index (χ1v) is 14.5. The maximum Gasteiger partial charge on any atom is 0.174 e. The van der Waals surface area contributed by atoms with Gasteiger partial charge in [0.05, 0.1) is 22.4 Å². The maximum atomic E-state index is 6.99. The van der Waals surface area contributed by atoms with Crippen molar-refractivity contribution in [1.29, 1.82) is 0 Å². The van der Waals surface area contributed by atoms with Gasteiger partial charge in [-0.2, -0.15) is 0 Å². The second-order valence-corrected chi connectivity index (χ2v) is 12.0. The van der Waals surface area contributed by atoms with E-state index in [9.17, 15) is 0 Å². The fourth-order valence-corrected chi connectivity index (χ4v) is 7.02. The summed E-state index contributed by atoms with van der Waals surface area (Å²) in [6.45, 7) is 6.67. The van der Waals surface area contributed by atoms with E-state index in [0.29, 0.717) is 22.0 Å². The number of hydrogen-bond donors (Lipinski definition) is 1. The van der Waals surface area contributed by atoms with Crippen LogP contribution in [0.25, 0.3) is 5.69 Å². The van der Waals surface area contributed by atoms with Crippen molar-refractivity contribution in [2.75, 3.05) is 22.9 Å². The molecule has 0 bridgehead atoms. The molecule has 4 atom stereocenters. The number of piperidine rings is 1. The minimum absolute atomic E-state index is 0.159. The van der Waals surface area contributed by atoms with Crippen molar-refractivity contribution in [3.8, 4) is 5.69 Å². The molecule has 2 saturated heterocycles. The smallest absolute Gasteiger partial charge is 0.174 e. The molecule has 4 heterocycles. The SMILES string of the molecule is C[C@@H]1C[C@H](C)CN(c2ccc(N3C(=S)N[C@@H](c4ccccn4)[C@H]3c3cccn3-c3cccc(Cl)c3)cc2Cl)C1. The van der Waals surface area contributed by atoms with Gasteiger partial charge in [-0.1, -0.05) is 49.2 Å². The zero-order valence-electron chi connectivity index (χ0n) is 22.0. The standard InChI is InChI=1S/C31H31Cl2N5S/c1-20-15-21(2)19-36(18-20)27-12-11-24(17-25(27)33)38-30(29(35-31(38)39)26-9-3-4-13-34-26)28-10-6-14-37(28)23-8-5-7-22(32)16-23/h3-14,16-17,20-21,29-30H,15,18-19H2,1-2H3,(H,35,39)/t20-,21+,29-,30+/m0/s1. The summed E-state index contributed by atoms with van der Waals surface area (Å²) in [7, 11) is 0. The first kappa shape index (κ1) is 26.2. The number of pyridine rings is 1. The molecule has 8 heteroatoms. The van der Waals surface area contributed by atoms with Crippen molar-refractivity contribution < 1.29 is 0 Å². The van der Waals surface area contributed by atoms with E-state index in [1.165, 1.54) is 6.42 Å². The topological polar surface area (TPSA) is 36.3 Å². The normalized spacial score (nSPS) is 23.2. The van der Waals surface area contributed by atoms with E-state index in [2.05, 4.69) is 76.1 Å². The van der Waals surface area contributed by atoms with E-state index in [-0.39, 0.29) is 12.1 Å². The van der Waals surface area contributed by atoms with Gasteiger partial charge in [0.25, 0.3) is 0 Å². The molecule has 0 saturated carbocycles. The lowest BCUT2D eigenvalue weighted by atomic mass is 9.91. The lowest BCUT2D eigenvalue weighted by Gasteiger charge is -2.37. The fourth-order valence-electron chi connectivity index (χ4n) is 6.19. The van der Waals surface area contributed by atoms with Crippen molar-refractivity contribution in [2.24, 2.45) is 11.8 Å². The Morgan fingerprint density at radius 3 is 2.44 bits per heavy atom. The van der Waals surface area contributed by atoms with Gasteiger partial charge in [0, 0.05) is 47.6 Å². The maximum absolute atomic E-state index is 6.99. The molecular weight excluding hydrogens is 545 g/mol. The summed E-state index contributed by atoms with van der Waals surface area (Å²) in [5.74, 6) is 1.28. The number of aromatic nitrogens is 2. The van der Waals surface area contributed by atoms with E-state index in [1.54, 1.807) is 0 Å². The molecule has 39 heavy (non-hydrogen) atoms. The highest BCUT2D eigenvalue weighted by Crippen LogP contribution is 2.44. The Hall–Kier alpha value is -3.06. The third kappa shape index (κ3) is 5.13. The molecule has 2 fully saturated rings. The average Bonchev–Trinajstić information content (AvgIpc) is 3.53. The molecule has 5 nitrogen and oxygen atoms in total. The Balaban J connectivity index is 1.43. The van der Waals surface area contributed by atoms with Crippen molar-refractivity contribution >= 4 is 51.9 Å². The van der Waals surface area contributed by atoms with Crippen molar-refractivity contribution in [3.63, 3.8) is 0 Å². The highest BCUT2D eigenvalue weighted by atomic mass is 35.5. The van der Waals surface area contributed by atoms with Gasteiger partial charge < -0.3 is 19.7 Å². The van der Waals surface area contributed by atoms with Crippen LogP contribution < -0.4 is 15.1 Å². The molecule has 2 aromatic heterocycles. The quantitative estimate of drug-likeness (QED) is 0.245. The van der Waals surface area contributed by atoms with Crippen molar-refractivity contribution in [1.82, 2.24) is 14.9 Å². The number of nitrogens with zero attached hydrogens (tertiary/aromatic N) is 4. The largest absolute Gasteiger partial charge is 0.370 e. The molecule has 200 valence electrons. The molecule has 2 aromatic carbocycles. The molecule has 0 aliphatic carbocycles. The third-order valence-electron chi connectivity index (χ3n) is 7.69. The summed E-state index contributed by atoms with van der Waals surface area (Å²) >= 11 is 19.3. The van der Waals surface area contributed by atoms with Crippen LogP contribution in [0.1, 0.15) is 43.7 Å². The minimum atomic E-state index is -0.168. The highest BCUT2D eigenvalue weighted by Gasteiger charge is 2.42. The molecule has 0 unspecified atom stereocenters. The molecule has 2 aliphatic rings. The van der Waals surface area contributed by atoms with Crippen LogP contribution in [0, 0.1) is 11.8 Å². The Morgan fingerprint density at radius 2 is 1.72 bits per heavy atom. The van der Waals surface area contributed by atoms with Crippen LogP contribution in [0.3, 0.4) is 0 Å². The number of benzene rings is 2. The third-order valence-corrected chi connectivity index (χ3v) is 8.54. The van der Waals surface area contributed by atoms with Gasteiger partial charge in [0.1, 0.15) is 6.04 Å². The minimum Gasteiger partial charge on any atom is -0.370 e. The number of hydrogen-bond acceptors (Lipinski definition) is 3. The Morgan fingerprint density at radius 1 is 0.897 bits per heavy atom. The number of anilines is 2. The summed E-state index contributed by atoms with van der Waals surface area (Å²) in [5.41, 5.74) is 5.00. The Bertz CT molecular complexity index is 1480. The van der Waals surface area contributed by atoms with Gasteiger partial charge in [-0.15, -0.1) is 0 Å². The second kappa shape index (κ2) is 10.8. The van der Waals surface area contributed by atoms with Gasteiger partial charge in [-0.3, -0.25) is 4.98 Å². The van der Waals surface area contributed by atoms with Crippen LogP contribution in [-0.4, -0.2) is 27.8 Å². The van der Waals surface area contributed by atoms with Crippen LogP contribution in [-0.2, 0) is 0 Å². The van der Waals surface area contributed by atoms with Crippen LogP contribution in [0.5, 0.6) is 0 Å². The molecule has 1 N–H and O–H groups in total. The lowest BCUT2D eigenvalue weighted by Crippen LogP contribution is -2.38. The van der Waals surface area contributed by atoms with E-state index < -0.39 is 0 Å². The van der Waals surface area contributed by atoms with Gasteiger partial charge in [-0.05, 0) is 91.1 Å². The predicted molar refractivity (Wildman–Crippen MR) is 165 cm³/mol. The zero-order chi connectivity index (χ0) is 27.1. The van der Waals surface area contributed by atoms with Gasteiger partial charge in [0.2, 0.25) is 0 Å². The summed E-state index contributed by atoms with van der Waals surface area (Å²) in [6.07, 6.45) is 5.13. The number of thiocarbonyl (C=S) groups is 1. The van der Waals surface area contributed by atoms with E-state index in [0.717, 1.165) is 46.6 Å². The summed E-state index contributed by atoms with van der Waals surface area (Å²) in [5, 5.41) is 5.62. The molecule has 0 radical (unpaired) electrons. The number of rotatable bonds is 5. The summed E-state index contributed by atoms with van der Waals surface area (Å²) in [6, 6.07) is 24.1. The molecule has 0 spiro atoms. The molecule has 6 rings (SSSR count). The average molecular weight is 577 g/mol. The van der Waals surface area contributed by atoms with E-state index >= 15 is 0 Å². The first-order valence-electron chi connectivity index (χ1n) is 13.4. The molecule has 0 amide bonds. The molecular formula is C31H31Cl2N5S. The molecule has 2 aliphatic heterocycles. The van der Waals surface area contributed by atoms with Crippen LogP contribution in [0.15, 0.2) is 85.2 Å². The van der Waals surface area contributed by atoms with Crippen molar-refractivity contribution in [2.45, 2.75) is 32.4 Å². The summed E-state index contributed by atoms with van der Waals surface area (Å²) < 4.78 is 2.17. The van der Waals surface area contributed by atoms with Gasteiger partial charge in [0.15, 0.2) is 5.11 Å². The van der Waals surface area contributed by atoms with E-state index in [4.69, 9.17) is 40.4 Å². The fraction of sp³-hybridized carbons (Fsp3) is 0.290. The lowest BCUT2D eigenvalue weighted by molar-refractivity contribution is 0.357. The van der Waals surface area contributed by atoms with Crippen LogP contribution in [0.2, 0.25) is 10.0 Å². The summed E-state index contributed by atoms with van der Waals surface area (Å²) in [4.78, 5) is 9.28. The van der Waals surface area contributed by atoms with Crippen molar-refractivity contribution in [3.05, 3.63) is 107 Å². The van der Waals surface area contributed by atoms with Gasteiger partial charge >= 0.3 is 0 Å². The van der Waals surface area contributed by atoms with E-state index in [1.807, 2.05) is 42.6 Å². The number of nitrogens with one attached hydrogen (secondary N) is 1. The first-order chi connectivity index (χ1) is 18.9. The Labute approximate surface area is 245 Å². The van der Waals surface area contributed by atoms with Gasteiger partial charge in [-0.25, -0.2) is 0 Å². The predicted octanol–water partition coefficient (Wildman–Crippen LogP) is 7.84. The molecule has 4 aromatic rings. The number of halogens is 2. The second-order valence-electron chi connectivity index (χ2n) is 10.8. The van der Waals surface area contributed by atoms with Crippen LogP contribution in [0.4, 0.5) is 11.4 Å². The zero-order valence-corrected chi connectivity index (χ0v) is 24.3. The highest BCUT2D eigenvalue weighted by molar-refractivity contribution is 7.80.